The minimum atomic E-state index is -0.116. The van der Waals surface area contributed by atoms with Crippen LogP contribution < -0.4 is 4.90 Å². The highest BCUT2D eigenvalue weighted by molar-refractivity contribution is 5.74. The molecule has 0 N–H and O–H groups in total. The fourth-order valence-electron chi connectivity index (χ4n) is 2.72. The summed E-state index contributed by atoms with van der Waals surface area (Å²) >= 11 is 0. The Morgan fingerprint density at radius 3 is 2.88 bits per heavy atom. The van der Waals surface area contributed by atoms with Crippen LogP contribution >= 0.6 is 0 Å². The number of fused-ring (bicyclic) bond motifs is 1. The van der Waals surface area contributed by atoms with Gasteiger partial charge in [-0.25, -0.2) is 0 Å². The number of hydrogen-bond donors (Lipinski definition) is 0. The number of anilines is 1. The van der Waals surface area contributed by atoms with Crippen LogP contribution in [0.3, 0.4) is 0 Å². The van der Waals surface area contributed by atoms with Crippen molar-refractivity contribution >= 4 is 12.0 Å². The first-order chi connectivity index (χ1) is 7.79. The molecule has 1 saturated carbocycles. The maximum absolute atomic E-state index is 11.1. The summed E-state index contributed by atoms with van der Waals surface area (Å²) in [6.07, 6.45) is 4.34. The predicted molar refractivity (Wildman–Crippen MR) is 65.0 cm³/mol. The van der Waals surface area contributed by atoms with Gasteiger partial charge in [-0.1, -0.05) is 12.1 Å². The molecule has 0 unspecified atom stereocenters. The van der Waals surface area contributed by atoms with Crippen molar-refractivity contribution in [3.8, 4) is 0 Å². The standard InChI is InChI=1S/C14H17NO/c1-2-15-8-5-11-9-12(3-4-13(11)15)14(10-16)6-7-14/h3-4,9-10H,2,5-8H2,1H3. The van der Waals surface area contributed by atoms with Gasteiger partial charge in [0.25, 0.3) is 0 Å². The highest BCUT2D eigenvalue weighted by Gasteiger charge is 2.44. The molecule has 0 atom stereocenters. The summed E-state index contributed by atoms with van der Waals surface area (Å²) in [4.78, 5) is 13.5. The number of carbonyl (C=O) groups is 1. The first-order valence-electron chi connectivity index (χ1n) is 6.14. The average molecular weight is 215 g/mol. The van der Waals surface area contributed by atoms with Gasteiger partial charge in [-0.3, -0.25) is 0 Å². The first kappa shape index (κ1) is 9.88. The Hall–Kier alpha value is -1.31. The van der Waals surface area contributed by atoms with Crippen LogP contribution in [0.25, 0.3) is 0 Å². The van der Waals surface area contributed by atoms with Crippen molar-refractivity contribution < 1.29 is 4.79 Å². The second kappa shape index (κ2) is 3.34. The van der Waals surface area contributed by atoms with Crippen LogP contribution in [0, 0.1) is 0 Å². The molecule has 1 aliphatic carbocycles. The molecular formula is C14H17NO. The van der Waals surface area contributed by atoms with E-state index in [1.807, 2.05) is 0 Å². The number of nitrogens with zero attached hydrogens (tertiary/aromatic N) is 1. The Morgan fingerprint density at radius 1 is 1.44 bits per heavy atom. The summed E-state index contributed by atoms with van der Waals surface area (Å²) in [5, 5.41) is 0. The van der Waals surface area contributed by atoms with E-state index >= 15 is 0 Å². The number of benzene rings is 1. The number of likely N-dealkylation sites (N-methyl/N-ethyl adjacent to an activating group) is 1. The summed E-state index contributed by atoms with van der Waals surface area (Å²) < 4.78 is 0. The zero-order valence-corrected chi connectivity index (χ0v) is 9.70. The van der Waals surface area contributed by atoms with Crippen LogP contribution in [0.15, 0.2) is 18.2 Å². The van der Waals surface area contributed by atoms with Crippen LogP contribution in [0.2, 0.25) is 0 Å². The quantitative estimate of drug-likeness (QED) is 0.721. The molecule has 0 aromatic heterocycles. The molecule has 84 valence electrons. The van der Waals surface area contributed by atoms with Crippen LogP contribution in [0.1, 0.15) is 30.9 Å². The Morgan fingerprint density at radius 2 is 2.25 bits per heavy atom. The lowest BCUT2D eigenvalue weighted by molar-refractivity contribution is -0.109. The molecule has 1 aliphatic heterocycles. The van der Waals surface area contributed by atoms with E-state index in [-0.39, 0.29) is 5.41 Å². The van der Waals surface area contributed by atoms with Crippen LogP contribution in [-0.4, -0.2) is 19.4 Å². The molecule has 2 aliphatic rings. The van der Waals surface area contributed by atoms with E-state index in [2.05, 4.69) is 30.0 Å². The summed E-state index contributed by atoms with van der Waals surface area (Å²) in [5.74, 6) is 0. The van der Waals surface area contributed by atoms with Crippen molar-refractivity contribution in [2.45, 2.75) is 31.6 Å². The lowest BCUT2D eigenvalue weighted by Gasteiger charge is -2.17. The molecule has 3 rings (SSSR count). The number of carbonyl (C=O) groups excluding carboxylic acids is 1. The molecule has 0 radical (unpaired) electrons. The summed E-state index contributed by atoms with van der Waals surface area (Å²) in [5.41, 5.74) is 3.91. The zero-order valence-electron chi connectivity index (χ0n) is 9.70. The molecule has 1 fully saturated rings. The first-order valence-corrected chi connectivity index (χ1v) is 6.14. The van der Waals surface area contributed by atoms with E-state index < -0.39 is 0 Å². The van der Waals surface area contributed by atoms with E-state index in [0.29, 0.717) is 0 Å². The molecule has 2 nitrogen and oxygen atoms in total. The van der Waals surface area contributed by atoms with E-state index in [1.54, 1.807) is 0 Å². The molecule has 0 amide bonds. The smallest absolute Gasteiger partial charge is 0.130 e. The van der Waals surface area contributed by atoms with E-state index in [4.69, 9.17) is 0 Å². The van der Waals surface area contributed by atoms with Gasteiger partial charge in [-0.2, -0.15) is 0 Å². The predicted octanol–water partition coefficient (Wildman–Crippen LogP) is 2.30. The maximum atomic E-state index is 11.1. The van der Waals surface area contributed by atoms with Gasteiger partial charge in [-0.05, 0) is 43.4 Å². The summed E-state index contributed by atoms with van der Waals surface area (Å²) in [6.45, 7) is 4.39. The molecular weight excluding hydrogens is 198 g/mol. The van der Waals surface area contributed by atoms with Gasteiger partial charge in [0.1, 0.15) is 6.29 Å². The minimum Gasteiger partial charge on any atom is -0.371 e. The van der Waals surface area contributed by atoms with Gasteiger partial charge in [0.2, 0.25) is 0 Å². The number of aldehydes is 1. The third-order valence-electron chi connectivity index (χ3n) is 4.04. The monoisotopic (exact) mass is 215 g/mol. The molecule has 1 aromatic rings. The molecule has 0 bridgehead atoms. The van der Waals surface area contributed by atoms with Gasteiger partial charge in [-0.15, -0.1) is 0 Å². The summed E-state index contributed by atoms with van der Waals surface area (Å²) in [7, 11) is 0. The van der Waals surface area contributed by atoms with Crippen molar-refractivity contribution in [2.24, 2.45) is 0 Å². The van der Waals surface area contributed by atoms with Gasteiger partial charge >= 0.3 is 0 Å². The number of hydrogen-bond acceptors (Lipinski definition) is 2. The SMILES string of the molecule is CCN1CCc2cc(C3(C=O)CC3)ccc21. The lowest BCUT2D eigenvalue weighted by atomic mass is 9.95. The second-order valence-electron chi connectivity index (χ2n) is 4.95. The minimum absolute atomic E-state index is 0.116. The van der Waals surface area contributed by atoms with Crippen LogP contribution in [0.4, 0.5) is 5.69 Å². The highest BCUT2D eigenvalue weighted by atomic mass is 16.1. The van der Waals surface area contributed by atoms with Crippen LogP contribution in [-0.2, 0) is 16.6 Å². The normalized spacial score (nSPS) is 20.7. The van der Waals surface area contributed by atoms with Gasteiger partial charge < -0.3 is 9.69 Å². The largest absolute Gasteiger partial charge is 0.371 e. The van der Waals surface area contributed by atoms with Crippen molar-refractivity contribution in [3.63, 3.8) is 0 Å². The Labute approximate surface area is 96.3 Å². The van der Waals surface area contributed by atoms with Crippen molar-refractivity contribution in [3.05, 3.63) is 29.3 Å². The highest BCUT2D eigenvalue weighted by Crippen LogP contribution is 2.47. The third-order valence-corrected chi connectivity index (χ3v) is 4.04. The van der Waals surface area contributed by atoms with E-state index in [0.717, 1.165) is 38.6 Å². The maximum Gasteiger partial charge on any atom is 0.130 e. The topological polar surface area (TPSA) is 20.3 Å². The zero-order chi connectivity index (χ0) is 11.2. The van der Waals surface area contributed by atoms with E-state index in [9.17, 15) is 4.79 Å². The Balaban J connectivity index is 1.98. The molecule has 2 heteroatoms. The van der Waals surface area contributed by atoms with Crippen molar-refractivity contribution in [2.75, 3.05) is 18.0 Å². The van der Waals surface area contributed by atoms with Crippen molar-refractivity contribution in [1.82, 2.24) is 0 Å². The van der Waals surface area contributed by atoms with Crippen LogP contribution in [0.5, 0.6) is 0 Å². The van der Waals surface area contributed by atoms with Gasteiger partial charge in [0.05, 0.1) is 5.41 Å². The molecule has 0 spiro atoms. The molecule has 1 aromatic carbocycles. The fourth-order valence-corrected chi connectivity index (χ4v) is 2.72. The Kier molecular flexibility index (Phi) is 2.06. The second-order valence-corrected chi connectivity index (χ2v) is 4.95. The van der Waals surface area contributed by atoms with Gasteiger partial charge in [0, 0.05) is 18.8 Å². The molecule has 1 heterocycles. The average Bonchev–Trinajstić information content (AvgIpc) is 3.03. The third kappa shape index (κ3) is 1.29. The molecule has 0 saturated heterocycles. The summed E-state index contributed by atoms with van der Waals surface area (Å²) in [6, 6.07) is 6.60. The number of rotatable bonds is 3. The van der Waals surface area contributed by atoms with Crippen molar-refractivity contribution in [1.29, 1.82) is 0 Å². The lowest BCUT2D eigenvalue weighted by Crippen LogP contribution is -2.19. The Bertz CT molecular complexity index is 434. The van der Waals surface area contributed by atoms with Gasteiger partial charge in [0.15, 0.2) is 0 Å². The van der Waals surface area contributed by atoms with E-state index in [1.165, 1.54) is 16.8 Å². The molecule has 16 heavy (non-hydrogen) atoms. The fraction of sp³-hybridized carbons (Fsp3) is 0.500.